The molecule has 0 bridgehead atoms. The topological polar surface area (TPSA) is 0 Å². The molecule has 8 heavy (non-hydrogen) atoms. The van der Waals surface area contributed by atoms with Gasteiger partial charge in [0.2, 0.25) is 0 Å². The summed E-state index contributed by atoms with van der Waals surface area (Å²) in [6, 6.07) is 0. The van der Waals surface area contributed by atoms with Crippen molar-refractivity contribution in [2.24, 2.45) is 5.92 Å². The summed E-state index contributed by atoms with van der Waals surface area (Å²) >= 11 is 0. The van der Waals surface area contributed by atoms with Crippen molar-refractivity contribution in [1.29, 1.82) is 0 Å². The van der Waals surface area contributed by atoms with Gasteiger partial charge >= 0.3 is 0 Å². The molecule has 0 heteroatoms. The highest BCUT2D eigenvalue weighted by atomic mass is 13.9. The fraction of sp³-hybridized carbons (Fsp3) is 0.500. The van der Waals surface area contributed by atoms with E-state index in [0.29, 0.717) is 5.92 Å². The van der Waals surface area contributed by atoms with Crippen molar-refractivity contribution in [3.05, 3.63) is 24.8 Å². The van der Waals surface area contributed by atoms with Crippen LogP contribution >= 0.6 is 0 Å². The first-order valence-corrected chi connectivity index (χ1v) is 3.10. The van der Waals surface area contributed by atoms with Crippen molar-refractivity contribution in [3.8, 4) is 0 Å². The Morgan fingerprint density at radius 2 is 2.25 bits per heavy atom. The lowest BCUT2D eigenvalue weighted by molar-refractivity contribution is 0.933. The minimum atomic E-state index is 0.537. The van der Waals surface area contributed by atoms with E-state index in [0.717, 1.165) is 6.42 Å². The molecular weight excluding hydrogens is 96.1 g/mol. The van der Waals surface area contributed by atoms with Crippen LogP contribution in [-0.2, 0) is 0 Å². The Kier molecular flexibility index (Phi) is 4.33. The predicted octanol–water partition coefficient (Wildman–Crippen LogP) is 2.77. The molecule has 0 nitrogen and oxygen atoms in total. The molecule has 0 aromatic rings. The molecule has 0 heterocycles. The van der Waals surface area contributed by atoms with Crippen LogP contribution in [0.2, 0.25) is 0 Å². The van der Waals surface area contributed by atoms with Crippen LogP contribution in [-0.4, -0.2) is 0 Å². The molecule has 0 aliphatic rings. The van der Waals surface area contributed by atoms with E-state index in [1.54, 1.807) is 0 Å². The van der Waals surface area contributed by atoms with Gasteiger partial charge in [0.1, 0.15) is 0 Å². The quantitative estimate of drug-likeness (QED) is 0.490. The zero-order valence-electron chi connectivity index (χ0n) is 5.72. The first-order chi connectivity index (χ1) is 3.81. The van der Waals surface area contributed by atoms with Crippen molar-refractivity contribution in [2.45, 2.75) is 20.3 Å². The third-order valence-electron chi connectivity index (χ3n) is 1.05. The SMILES string of the molecule is C=CC(C)/C=C/CC. The van der Waals surface area contributed by atoms with Crippen LogP contribution in [0.25, 0.3) is 0 Å². The average molecular weight is 110 g/mol. The van der Waals surface area contributed by atoms with E-state index >= 15 is 0 Å². The molecule has 0 amide bonds. The summed E-state index contributed by atoms with van der Waals surface area (Å²) in [7, 11) is 0. The lowest BCUT2D eigenvalue weighted by Crippen LogP contribution is -1.78. The minimum Gasteiger partial charge on any atom is -0.102 e. The van der Waals surface area contributed by atoms with E-state index in [1.807, 2.05) is 6.08 Å². The molecule has 0 fully saturated rings. The summed E-state index contributed by atoms with van der Waals surface area (Å²) < 4.78 is 0. The molecule has 1 atom stereocenters. The summed E-state index contributed by atoms with van der Waals surface area (Å²) in [4.78, 5) is 0. The average Bonchev–Trinajstić information content (AvgIpc) is 1.83. The Morgan fingerprint density at radius 3 is 2.62 bits per heavy atom. The van der Waals surface area contributed by atoms with Gasteiger partial charge < -0.3 is 0 Å². The zero-order valence-corrected chi connectivity index (χ0v) is 5.72. The Bertz CT molecular complexity index is 80.0. The number of hydrogen-bond acceptors (Lipinski definition) is 0. The monoisotopic (exact) mass is 110 g/mol. The van der Waals surface area contributed by atoms with Crippen LogP contribution in [0.1, 0.15) is 20.3 Å². The molecule has 0 aliphatic carbocycles. The van der Waals surface area contributed by atoms with Gasteiger partial charge in [-0.05, 0) is 12.3 Å². The first kappa shape index (κ1) is 7.48. The summed E-state index contributed by atoms with van der Waals surface area (Å²) in [6.45, 7) is 7.92. The van der Waals surface area contributed by atoms with Gasteiger partial charge in [-0.15, -0.1) is 6.58 Å². The molecular formula is C8H14. The minimum absolute atomic E-state index is 0.537. The largest absolute Gasteiger partial charge is 0.102 e. The Labute approximate surface area is 51.9 Å². The molecule has 0 aromatic carbocycles. The lowest BCUT2D eigenvalue weighted by Gasteiger charge is -1.92. The van der Waals surface area contributed by atoms with Gasteiger partial charge in [0.25, 0.3) is 0 Å². The number of hydrogen-bond donors (Lipinski definition) is 0. The van der Waals surface area contributed by atoms with Crippen molar-refractivity contribution in [2.75, 3.05) is 0 Å². The van der Waals surface area contributed by atoms with E-state index < -0.39 is 0 Å². The predicted molar refractivity (Wildman–Crippen MR) is 38.8 cm³/mol. The smallest absolute Gasteiger partial charge is 0.00846 e. The van der Waals surface area contributed by atoms with Crippen LogP contribution in [0.5, 0.6) is 0 Å². The molecule has 0 rings (SSSR count). The van der Waals surface area contributed by atoms with Crippen molar-refractivity contribution < 1.29 is 0 Å². The lowest BCUT2D eigenvalue weighted by atomic mass is 10.1. The molecule has 0 aliphatic heterocycles. The van der Waals surface area contributed by atoms with E-state index in [4.69, 9.17) is 0 Å². The Balaban J connectivity index is 3.35. The third kappa shape index (κ3) is 3.66. The van der Waals surface area contributed by atoms with Crippen LogP contribution in [0.4, 0.5) is 0 Å². The summed E-state index contributed by atoms with van der Waals surface area (Å²) in [5.74, 6) is 0.537. The number of rotatable bonds is 3. The van der Waals surface area contributed by atoms with Crippen molar-refractivity contribution >= 4 is 0 Å². The molecule has 1 unspecified atom stereocenters. The molecule has 0 spiro atoms. The zero-order chi connectivity index (χ0) is 6.41. The Morgan fingerprint density at radius 1 is 1.62 bits per heavy atom. The van der Waals surface area contributed by atoms with E-state index in [-0.39, 0.29) is 0 Å². The van der Waals surface area contributed by atoms with E-state index in [2.05, 4.69) is 32.6 Å². The molecule has 0 saturated heterocycles. The maximum atomic E-state index is 3.66. The van der Waals surface area contributed by atoms with Crippen molar-refractivity contribution in [3.63, 3.8) is 0 Å². The summed E-state index contributed by atoms with van der Waals surface area (Å²) in [6.07, 6.45) is 7.38. The van der Waals surface area contributed by atoms with E-state index in [9.17, 15) is 0 Å². The molecule has 0 aromatic heterocycles. The highest BCUT2D eigenvalue weighted by Gasteiger charge is 1.82. The van der Waals surface area contributed by atoms with Crippen LogP contribution in [0.15, 0.2) is 24.8 Å². The second-order valence-electron chi connectivity index (χ2n) is 1.93. The van der Waals surface area contributed by atoms with Gasteiger partial charge in [0.15, 0.2) is 0 Å². The standard InChI is InChI=1S/C8H14/c1-4-6-7-8(3)5-2/h5-8H,2,4H2,1,3H3/b7-6+. The normalized spacial score (nSPS) is 14.2. The van der Waals surface area contributed by atoms with Crippen LogP contribution < -0.4 is 0 Å². The highest BCUT2D eigenvalue weighted by molar-refractivity contribution is 4.93. The Hall–Kier alpha value is -0.520. The second-order valence-corrected chi connectivity index (χ2v) is 1.93. The van der Waals surface area contributed by atoms with Crippen LogP contribution in [0.3, 0.4) is 0 Å². The van der Waals surface area contributed by atoms with Gasteiger partial charge in [0, 0.05) is 0 Å². The van der Waals surface area contributed by atoms with Gasteiger partial charge in [-0.3, -0.25) is 0 Å². The van der Waals surface area contributed by atoms with Gasteiger partial charge in [-0.1, -0.05) is 32.1 Å². The first-order valence-electron chi connectivity index (χ1n) is 3.10. The molecule has 0 saturated carbocycles. The molecule has 0 radical (unpaired) electrons. The summed E-state index contributed by atoms with van der Waals surface area (Å²) in [5.41, 5.74) is 0. The van der Waals surface area contributed by atoms with Gasteiger partial charge in [0.05, 0.1) is 0 Å². The summed E-state index contributed by atoms with van der Waals surface area (Å²) in [5, 5.41) is 0. The van der Waals surface area contributed by atoms with Crippen LogP contribution in [0, 0.1) is 5.92 Å². The van der Waals surface area contributed by atoms with Gasteiger partial charge in [-0.25, -0.2) is 0 Å². The molecule has 0 N–H and O–H groups in total. The maximum absolute atomic E-state index is 3.66. The third-order valence-corrected chi connectivity index (χ3v) is 1.05. The maximum Gasteiger partial charge on any atom is -0.00846 e. The van der Waals surface area contributed by atoms with Gasteiger partial charge in [-0.2, -0.15) is 0 Å². The second kappa shape index (κ2) is 4.63. The van der Waals surface area contributed by atoms with Crippen molar-refractivity contribution in [1.82, 2.24) is 0 Å². The fourth-order valence-electron chi connectivity index (χ4n) is 0.429. The number of allylic oxidation sites excluding steroid dienone is 3. The fourth-order valence-corrected chi connectivity index (χ4v) is 0.429. The highest BCUT2D eigenvalue weighted by Crippen LogP contribution is 1.97. The van der Waals surface area contributed by atoms with E-state index in [1.165, 1.54) is 0 Å². The molecule has 46 valence electrons.